The molecule has 0 aliphatic carbocycles. The van der Waals surface area contributed by atoms with E-state index in [1.54, 1.807) is 28.0 Å². The van der Waals surface area contributed by atoms with Gasteiger partial charge < -0.3 is 25.1 Å². The van der Waals surface area contributed by atoms with Crippen LogP contribution in [0.5, 0.6) is 5.75 Å². The van der Waals surface area contributed by atoms with Crippen LogP contribution < -0.4 is 10.2 Å². The molecule has 2 N–H and O–H groups in total. The number of para-hydroxylation sites is 3. The Morgan fingerprint density at radius 1 is 0.742 bits per heavy atom. The molecule has 2 aliphatic heterocycles. The van der Waals surface area contributed by atoms with Crippen molar-refractivity contribution in [3.63, 3.8) is 0 Å². The predicted molar refractivity (Wildman–Crippen MR) is 122 cm³/mol. The molecule has 7 nitrogen and oxygen atoms in total. The number of carbonyl (C=O) groups excluding carboxylic acids is 2. The van der Waals surface area contributed by atoms with Gasteiger partial charge in [-0.2, -0.15) is 0 Å². The summed E-state index contributed by atoms with van der Waals surface area (Å²) in [5, 5.41) is 13.0. The molecule has 0 radical (unpaired) electrons. The predicted octanol–water partition coefficient (Wildman–Crippen LogP) is 3.76. The summed E-state index contributed by atoms with van der Waals surface area (Å²) in [6.07, 6.45) is 4.87. The number of phenols is 1. The summed E-state index contributed by atoms with van der Waals surface area (Å²) >= 11 is 0. The second-order valence-corrected chi connectivity index (χ2v) is 8.14. The number of benzene rings is 2. The van der Waals surface area contributed by atoms with Gasteiger partial charge in [-0.05, 0) is 37.1 Å². The van der Waals surface area contributed by atoms with Gasteiger partial charge in [0.1, 0.15) is 5.75 Å². The molecule has 31 heavy (non-hydrogen) atoms. The Bertz CT molecular complexity index is 917. The molecule has 2 aromatic rings. The number of anilines is 2. The van der Waals surface area contributed by atoms with Crippen LogP contribution in [0.15, 0.2) is 48.5 Å². The number of phenolic OH excluding ortho intramolecular Hbond substituents is 1. The number of hydrogen-bond donors (Lipinski definition) is 2. The lowest BCUT2D eigenvalue weighted by Crippen LogP contribution is -2.51. The highest BCUT2D eigenvalue weighted by Crippen LogP contribution is 2.28. The van der Waals surface area contributed by atoms with E-state index in [-0.39, 0.29) is 17.7 Å². The lowest BCUT2D eigenvalue weighted by Gasteiger charge is -2.35. The maximum Gasteiger partial charge on any atom is 0.322 e. The molecule has 0 bridgehead atoms. The first-order valence-electron chi connectivity index (χ1n) is 11.1. The van der Waals surface area contributed by atoms with Gasteiger partial charge in [-0.25, -0.2) is 4.79 Å². The van der Waals surface area contributed by atoms with Crippen LogP contribution in [-0.4, -0.2) is 66.1 Å². The number of urea groups is 1. The van der Waals surface area contributed by atoms with E-state index in [4.69, 9.17) is 0 Å². The van der Waals surface area contributed by atoms with Crippen molar-refractivity contribution in [2.24, 2.45) is 0 Å². The second kappa shape index (κ2) is 9.73. The molecule has 0 unspecified atom stereocenters. The molecular formula is C24H30N4O3. The highest BCUT2D eigenvalue weighted by Gasteiger charge is 2.26. The molecule has 2 fully saturated rings. The van der Waals surface area contributed by atoms with Gasteiger partial charge in [0.25, 0.3) is 5.91 Å². The number of carbonyl (C=O) groups is 2. The van der Waals surface area contributed by atoms with Gasteiger partial charge in [-0.3, -0.25) is 4.79 Å². The molecule has 0 saturated carbocycles. The quantitative estimate of drug-likeness (QED) is 0.790. The summed E-state index contributed by atoms with van der Waals surface area (Å²) in [7, 11) is 0. The zero-order valence-corrected chi connectivity index (χ0v) is 17.8. The van der Waals surface area contributed by atoms with Gasteiger partial charge in [-0.1, -0.05) is 37.1 Å². The van der Waals surface area contributed by atoms with E-state index in [0.717, 1.165) is 24.5 Å². The molecular weight excluding hydrogens is 392 g/mol. The van der Waals surface area contributed by atoms with Gasteiger partial charge in [0.05, 0.1) is 16.9 Å². The monoisotopic (exact) mass is 422 g/mol. The summed E-state index contributed by atoms with van der Waals surface area (Å²) in [6.45, 7) is 3.82. The first-order chi connectivity index (χ1) is 15.1. The first-order valence-corrected chi connectivity index (χ1v) is 11.1. The van der Waals surface area contributed by atoms with Crippen molar-refractivity contribution in [3.8, 4) is 5.75 Å². The Labute approximate surface area is 183 Å². The fraction of sp³-hybridized carbons (Fsp3) is 0.417. The minimum atomic E-state index is -0.204. The molecule has 4 rings (SSSR count). The number of nitrogens with one attached hydrogen (secondary N) is 1. The highest BCUT2D eigenvalue weighted by molar-refractivity contribution is 5.97. The van der Waals surface area contributed by atoms with E-state index >= 15 is 0 Å². The molecule has 0 spiro atoms. The average Bonchev–Trinajstić information content (AvgIpc) is 3.09. The standard InChI is InChI=1S/C24H30N4O3/c29-22-12-6-3-9-19(22)23(30)27-15-17-28(18-16-27)24(31)25-20-10-4-5-11-21(20)26-13-7-1-2-8-14-26/h3-6,9-12,29H,1-2,7-8,13-18H2,(H,25,31). The maximum atomic E-state index is 12.9. The minimum absolute atomic E-state index is 0.0159. The van der Waals surface area contributed by atoms with Gasteiger partial charge in [-0.15, -0.1) is 0 Å². The van der Waals surface area contributed by atoms with Crippen LogP contribution >= 0.6 is 0 Å². The molecule has 164 valence electrons. The van der Waals surface area contributed by atoms with E-state index < -0.39 is 0 Å². The van der Waals surface area contributed by atoms with Gasteiger partial charge in [0, 0.05) is 39.3 Å². The average molecular weight is 423 g/mol. The Kier molecular flexibility index (Phi) is 6.60. The maximum absolute atomic E-state index is 12.9. The van der Waals surface area contributed by atoms with Crippen LogP contribution in [0.4, 0.5) is 16.2 Å². The first kappa shape index (κ1) is 21.0. The third-order valence-corrected chi connectivity index (χ3v) is 6.08. The lowest BCUT2D eigenvalue weighted by atomic mass is 10.1. The highest BCUT2D eigenvalue weighted by atomic mass is 16.3. The van der Waals surface area contributed by atoms with Gasteiger partial charge in [0.15, 0.2) is 0 Å². The number of nitrogens with zero attached hydrogens (tertiary/aromatic N) is 3. The normalized spacial score (nSPS) is 17.2. The number of piperazine rings is 1. The zero-order valence-electron chi connectivity index (χ0n) is 17.8. The molecule has 2 aliphatic rings. The molecule has 2 saturated heterocycles. The molecule has 2 heterocycles. The Balaban J connectivity index is 1.37. The lowest BCUT2D eigenvalue weighted by molar-refractivity contribution is 0.0668. The fourth-order valence-corrected chi connectivity index (χ4v) is 4.30. The Hall–Kier alpha value is -3.22. The molecule has 3 amide bonds. The number of rotatable bonds is 3. The molecule has 0 atom stereocenters. The second-order valence-electron chi connectivity index (χ2n) is 8.14. The van der Waals surface area contributed by atoms with E-state index in [1.165, 1.54) is 31.7 Å². The van der Waals surface area contributed by atoms with E-state index in [0.29, 0.717) is 31.7 Å². The Morgan fingerprint density at radius 3 is 2.06 bits per heavy atom. The van der Waals surface area contributed by atoms with Crippen molar-refractivity contribution in [3.05, 3.63) is 54.1 Å². The molecule has 7 heteroatoms. The van der Waals surface area contributed by atoms with E-state index in [9.17, 15) is 14.7 Å². The van der Waals surface area contributed by atoms with Crippen LogP contribution in [0.25, 0.3) is 0 Å². The summed E-state index contributed by atoms with van der Waals surface area (Å²) in [6, 6.07) is 14.4. The van der Waals surface area contributed by atoms with Crippen molar-refractivity contribution < 1.29 is 14.7 Å². The number of amides is 3. The van der Waals surface area contributed by atoms with Crippen molar-refractivity contribution in [2.75, 3.05) is 49.5 Å². The third kappa shape index (κ3) is 4.93. The van der Waals surface area contributed by atoms with Gasteiger partial charge >= 0.3 is 6.03 Å². The van der Waals surface area contributed by atoms with Crippen LogP contribution in [0.2, 0.25) is 0 Å². The van der Waals surface area contributed by atoms with Crippen molar-refractivity contribution >= 4 is 23.3 Å². The van der Waals surface area contributed by atoms with Crippen LogP contribution in [0.3, 0.4) is 0 Å². The SMILES string of the molecule is O=C(Nc1ccccc1N1CCCCCC1)N1CCN(C(=O)c2ccccc2O)CC1. The largest absolute Gasteiger partial charge is 0.507 e. The Morgan fingerprint density at radius 2 is 1.35 bits per heavy atom. The molecule has 0 aromatic heterocycles. The summed E-state index contributed by atoms with van der Waals surface area (Å²) in [5.74, 6) is -0.220. The van der Waals surface area contributed by atoms with Crippen LogP contribution in [0.1, 0.15) is 36.0 Å². The number of aromatic hydroxyl groups is 1. The van der Waals surface area contributed by atoms with Crippen molar-refractivity contribution in [1.29, 1.82) is 0 Å². The van der Waals surface area contributed by atoms with Crippen LogP contribution in [0, 0.1) is 0 Å². The summed E-state index contributed by atoms with van der Waals surface area (Å²) < 4.78 is 0. The summed E-state index contributed by atoms with van der Waals surface area (Å²) in [4.78, 5) is 31.4. The van der Waals surface area contributed by atoms with Gasteiger partial charge in [0.2, 0.25) is 0 Å². The summed E-state index contributed by atoms with van der Waals surface area (Å²) in [5.41, 5.74) is 2.21. The smallest absolute Gasteiger partial charge is 0.322 e. The van der Waals surface area contributed by atoms with Crippen molar-refractivity contribution in [2.45, 2.75) is 25.7 Å². The number of hydrogen-bond acceptors (Lipinski definition) is 4. The topological polar surface area (TPSA) is 76.1 Å². The minimum Gasteiger partial charge on any atom is -0.507 e. The van der Waals surface area contributed by atoms with Crippen molar-refractivity contribution in [1.82, 2.24) is 9.80 Å². The fourth-order valence-electron chi connectivity index (χ4n) is 4.30. The van der Waals surface area contributed by atoms with Crippen LogP contribution in [-0.2, 0) is 0 Å². The zero-order chi connectivity index (χ0) is 21.6. The van der Waals surface area contributed by atoms with E-state index in [1.807, 2.05) is 18.2 Å². The van der Waals surface area contributed by atoms with E-state index in [2.05, 4.69) is 16.3 Å². The molecule has 2 aromatic carbocycles. The third-order valence-electron chi connectivity index (χ3n) is 6.08.